The lowest BCUT2D eigenvalue weighted by Crippen LogP contribution is -2.39. The highest BCUT2D eigenvalue weighted by Crippen LogP contribution is 2.22. The van der Waals surface area contributed by atoms with E-state index in [-0.39, 0.29) is 0 Å². The van der Waals surface area contributed by atoms with Crippen molar-refractivity contribution in [2.45, 2.75) is 18.9 Å². The molecule has 2 aliphatic heterocycles. The topological polar surface area (TPSA) is 90.2 Å². The van der Waals surface area contributed by atoms with E-state index in [1.165, 1.54) is 0 Å². The fourth-order valence-corrected chi connectivity index (χ4v) is 3.51. The lowest BCUT2D eigenvalue weighted by atomic mass is 10.0. The van der Waals surface area contributed by atoms with Crippen LogP contribution in [0.25, 0.3) is 0 Å². The predicted molar refractivity (Wildman–Crippen MR) is 103 cm³/mol. The molecule has 0 atom stereocenters. The largest absolute Gasteiger partial charge is 0.378 e. The molecule has 0 spiro atoms. The summed E-state index contributed by atoms with van der Waals surface area (Å²) in [5, 5.41) is 12.6. The first kappa shape index (κ1) is 17.5. The van der Waals surface area contributed by atoms with E-state index in [0.29, 0.717) is 11.7 Å². The average Bonchev–Trinajstić information content (AvgIpc) is 2.75. The van der Waals surface area contributed by atoms with Gasteiger partial charge >= 0.3 is 0 Å². The van der Waals surface area contributed by atoms with Gasteiger partial charge in [-0.25, -0.2) is 9.97 Å². The Labute approximate surface area is 158 Å². The predicted octanol–water partition coefficient (Wildman–Crippen LogP) is 1.66. The Bertz CT molecular complexity index is 808. The Morgan fingerprint density at radius 1 is 1.04 bits per heavy atom. The second kappa shape index (κ2) is 8.18. The summed E-state index contributed by atoms with van der Waals surface area (Å²) in [6.07, 6.45) is 5.55. The van der Waals surface area contributed by atoms with Crippen LogP contribution < -0.4 is 15.1 Å². The van der Waals surface area contributed by atoms with Crippen LogP contribution in [0.3, 0.4) is 0 Å². The zero-order valence-corrected chi connectivity index (χ0v) is 15.2. The van der Waals surface area contributed by atoms with Gasteiger partial charge in [-0.15, -0.1) is 0 Å². The molecule has 0 bridgehead atoms. The van der Waals surface area contributed by atoms with E-state index in [4.69, 9.17) is 10.00 Å². The molecule has 8 heteroatoms. The van der Waals surface area contributed by atoms with Gasteiger partial charge in [0.15, 0.2) is 0 Å². The van der Waals surface area contributed by atoms with Gasteiger partial charge in [0, 0.05) is 50.3 Å². The van der Waals surface area contributed by atoms with Gasteiger partial charge in [-0.3, -0.25) is 0 Å². The third kappa shape index (κ3) is 4.26. The van der Waals surface area contributed by atoms with E-state index in [9.17, 15) is 0 Å². The maximum atomic E-state index is 9.02. The van der Waals surface area contributed by atoms with Crippen LogP contribution in [0.15, 0.2) is 30.6 Å². The normalized spacial score (nSPS) is 18.2. The molecule has 0 amide bonds. The second-order valence-electron chi connectivity index (χ2n) is 6.76. The average molecular weight is 365 g/mol. The molecule has 0 radical (unpaired) electrons. The van der Waals surface area contributed by atoms with Gasteiger partial charge in [-0.2, -0.15) is 10.2 Å². The highest BCUT2D eigenvalue weighted by atomic mass is 16.5. The molecule has 0 aliphatic carbocycles. The van der Waals surface area contributed by atoms with Crippen LogP contribution in [0.5, 0.6) is 0 Å². The number of hydrogen-bond acceptors (Lipinski definition) is 8. The minimum absolute atomic E-state index is 0.381. The van der Waals surface area contributed by atoms with Gasteiger partial charge in [0.2, 0.25) is 5.95 Å². The summed E-state index contributed by atoms with van der Waals surface area (Å²) in [4.78, 5) is 17.6. The first-order chi connectivity index (χ1) is 13.3. The van der Waals surface area contributed by atoms with Gasteiger partial charge in [-0.1, -0.05) is 0 Å². The standard InChI is InChI=1S/C19H23N7O/c20-14-16-13-17(1-5-21-16)25-7-3-15(4-8-25)23-18-2-6-22-19(24-18)26-9-11-27-12-10-26/h1-2,5-6,13,15H,3-4,7-12H2,(H,22,23,24). The molecule has 4 rings (SSSR count). The lowest BCUT2D eigenvalue weighted by molar-refractivity contribution is 0.122. The number of pyridine rings is 1. The maximum Gasteiger partial charge on any atom is 0.227 e. The van der Waals surface area contributed by atoms with Crippen LogP contribution in [0.2, 0.25) is 0 Å². The summed E-state index contributed by atoms with van der Waals surface area (Å²) in [5.74, 6) is 1.64. The van der Waals surface area contributed by atoms with Crippen LogP contribution in [0.4, 0.5) is 17.5 Å². The molecule has 1 N–H and O–H groups in total. The second-order valence-corrected chi connectivity index (χ2v) is 6.76. The van der Waals surface area contributed by atoms with Crippen molar-refractivity contribution < 1.29 is 4.74 Å². The monoisotopic (exact) mass is 365 g/mol. The number of nitrogens with zero attached hydrogens (tertiary/aromatic N) is 6. The van der Waals surface area contributed by atoms with Crippen molar-refractivity contribution in [2.24, 2.45) is 0 Å². The van der Waals surface area contributed by atoms with Gasteiger partial charge < -0.3 is 19.9 Å². The number of aromatic nitrogens is 3. The first-order valence-electron chi connectivity index (χ1n) is 9.35. The summed E-state index contributed by atoms with van der Waals surface area (Å²) in [6.45, 7) is 4.99. The number of piperidine rings is 1. The summed E-state index contributed by atoms with van der Waals surface area (Å²) in [5.41, 5.74) is 1.53. The highest BCUT2D eigenvalue weighted by molar-refractivity contribution is 5.49. The Balaban J connectivity index is 1.34. The molecule has 4 heterocycles. The van der Waals surface area contributed by atoms with E-state index in [2.05, 4.69) is 36.1 Å². The minimum atomic E-state index is 0.381. The fraction of sp³-hybridized carbons (Fsp3) is 0.474. The first-order valence-corrected chi connectivity index (χ1v) is 9.35. The highest BCUT2D eigenvalue weighted by Gasteiger charge is 2.21. The van der Waals surface area contributed by atoms with E-state index in [0.717, 1.165) is 69.7 Å². The molecule has 0 saturated carbocycles. The molecule has 0 unspecified atom stereocenters. The summed E-state index contributed by atoms with van der Waals surface area (Å²) in [6, 6.07) is 8.23. The zero-order valence-electron chi connectivity index (χ0n) is 15.2. The molecule has 2 aromatic heterocycles. The number of nitrogens with one attached hydrogen (secondary N) is 1. The van der Waals surface area contributed by atoms with Crippen molar-refractivity contribution in [3.63, 3.8) is 0 Å². The van der Waals surface area contributed by atoms with Crippen LogP contribution >= 0.6 is 0 Å². The molecule has 140 valence electrons. The van der Waals surface area contributed by atoms with Crippen molar-refractivity contribution in [3.05, 3.63) is 36.3 Å². The molecule has 8 nitrogen and oxygen atoms in total. The van der Waals surface area contributed by atoms with Crippen LogP contribution in [0.1, 0.15) is 18.5 Å². The molecule has 0 aromatic carbocycles. The molecule has 2 fully saturated rings. The number of hydrogen-bond donors (Lipinski definition) is 1. The summed E-state index contributed by atoms with van der Waals surface area (Å²) in [7, 11) is 0. The Kier molecular flexibility index (Phi) is 5.30. The van der Waals surface area contributed by atoms with E-state index in [1.54, 1.807) is 6.20 Å². The van der Waals surface area contributed by atoms with Crippen molar-refractivity contribution >= 4 is 17.5 Å². The SMILES string of the molecule is N#Cc1cc(N2CCC(Nc3ccnc(N4CCOCC4)n3)CC2)ccn1. The molecular formula is C19H23N7O. The molecular weight excluding hydrogens is 342 g/mol. The summed E-state index contributed by atoms with van der Waals surface area (Å²) < 4.78 is 5.39. The molecule has 2 saturated heterocycles. The smallest absolute Gasteiger partial charge is 0.227 e. The number of anilines is 3. The van der Waals surface area contributed by atoms with Gasteiger partial charge in [-0.05, 0) is 31.0 Å². The lowest BCUT2D eigenvalue weighted by Gasteiger charge is -2.34. The van der Waals surface area contributed by atoms with Crippen molar-refractivity contribution in [3.8, 4) is 6.07 Å². The Morgan fingerprint density at radius 3 is 2.59 bits per heavy atom. The Morgan fingerprint density at radius 2 is 1.81 bits per heavy atom. The van der Waals surface area contributed by atoms with Gasteiger partial charge in [0.05, 0.1) is 13.2 Å². The van der Waals surface area contributed by atoms with Crippen LogP contribution in [-0.2, 0) is 4.74 Å². The summed E-state index contributed by atoms with van der Waals surface area (Å²) >= 11 is 0. The molecule has 2 aromatic rings. The quantitative estimate of drug-likeness (QED) is 0.875. The number of morpholine rings is 1. The minimum Gasteiger partial charge on any atom is -0.378 e. The van der Waals surface area contributed by atoms with Gasteiger partial charge in [0.25, 0.3) is 0 Å². The van der Waals surface area contributed by atoms with Crippen molar-refractivity contribution in [1.29, 1.82) is 5.26 Å². The fourth-order valence-electron chi connectivity index (χ4n) is 3.51. The number of ether oxygens (including phenoxy) is 1. The van der Waals surface area contributed by atoms with Gasteiger partial charge in [0.1, 0.15) is 17.6 Å². The van der Waals surface area contributed by atoms with E-state index >= 15 is 0 Å². The van der Waals surface area contributed by atoms with Crippen LogP contribution in [0, 0.1) is 11.3 Å². The third-order valence-electron chi connectivity index (χ3n) is 5.01. The van der Waals surface area contributed by atoms with Crippen LogP contribution in [-0.4, -0.2) is 60.4 Å². The third-order valence-corrected chi connectivity index (χ3v) is 5.01. The maximum absolute atomic E-state index is 9.02. The molecule has 2 aliphatic rings. The van der Waals surface area contributed by atoms with Crippen molar-refractivity contribution in [2.75, 3.05) is 54.5 Å². The zero-order chi connectivity index (χ0) is 18.5. The van der Waals surface area contributed by atoms with Crippen molar-refractivity contribution in [1.82, 2.24) is 15.0 Å². The Hall–Kier alpha value is -2.92. The molecule has 27 heavy (non-hydrogen) atoms. The number of rotatable bonds is 4. The van der Waals surface area contributed by atoms with E-state index < -0.39 is 0 Å². The van der Waals surface area contributed by atoms with E-state index in [1.807, 2.05) is 24.4 Å². The number of nitriles is 1.